The van der Waals surface area contributed by atoms with E-state index in [4.69, 9.17) is 19.3 Å². The average molecular weight is 282 g/mol. The Kier molecular flexibility index (Phi) is 8.46. The molecule has 0 aliphatic carbocycles. The highest BCUT2D eigenvalue weighted by atomic mass is 16.6. The molecule has 1 aliphatic heterocycles. The molecule has 0 atom stereocenters. The van der Waals surface area contributed by atoms with Gasteiger partial charge < -0.3 is 19.3 Å². The molecular weight excluding hydrogens is 256 g/mol. The molecule has 0 radical (unpaired) electrons. The van der Waals surface area contributed by atoms with Crippen LogP contribution in [0.3, 0.4) is 0 Å². The smallest absolute Gasteiger partial charge is 0.0717 e. The summed E-state index contributed by atoms with van der Waals surface area (Å²) in [6.07, 6.45) is 0. The number of rotatable bonds is 5. The lowest BCUT2D eigenvalue weighted by molar-refractivity contribution is -0.0334. The lowest BCUT2D eigenvalue weighted by atomic mass is 9.97. The molecule has 1 fully saturated rings. The van der Waals surface area contributed by atoms with Gasteiger partial charge in [0.2, 0.25) is 0 Å². The van der Waals surface area contributed by atoms with Crippen LogP contribution in [0.1, 0.15) is 19.4 Å². The largest absolute Gasteiger partial charge is 0.396 e. The van der Waals surface area contributed by atoms with Crippen molar-refractivity contribution in [1.82, 2.24) is 0 Å². The van der Waals surface area contributed by atoms with E-state index in [9.17, 15) is 0 Å². The van der Waals surface area contributed by atoms with Gasteiger partial charge in [0.1, 0.15) is 0 Å². The van der Waals surface area contributed by atoms with Crippen molar-refractivity contribution in [3.63, 3.8) is 0 Å². The van der Waals surface area contributed by atoms with Gasteiger partial charge in [-0.15, -0.1) is 0 Å². The van der Waals surface area contributed by atoms with Crippen LogP contribution in [0.15, 0.2) is 30.3 Å². The molecule has 0 amide bonds. The second-order valence-corrected chi connectivity index (χ2v) is 5.53. The Morgan fingerprint density at radius 2 is 1.60 bits per heavy atom. The predicted octanol–water partition coefficient (Wildman–Crippen LogP) is 2.25. The van der Waals surface area contributed by atoms with Gasteiger partial charge in [-0.05, 0) is 5.56 Å². The highest BCUT2D eigenvalue weighted by Crippen LogP contribution is 2.14. The average Bonchev–Trinajstić information content (AvgIpc) is 2.51. The van der Waals surface area contributed by atoms with E-state index in [2.05, 4.69) is 0 Å². The third kappa shape index (κ3) is 8.27. The SMILES string of the molecule is C1COCCO1.CC(C)(CO)COCc1ccccc1. The predicted molar refractivity (Wildman–Crippen MR) is 78.6 cm³/mol. The fraction of sp³-hybridized carbons (Fsp3) is 0.625. The van der Waals surface area contributed by atoms with Crippen LogP contribution in [0.5, 0.6) is 0 Å². The molecule has 1 heterocycles. The highest BCUT2D eigenvalue weighted by molar-refractivity contribution is 5.13. The van der Waals surface area contributed by atoms with Crippen LogP contribution in [-0.4, -0.2) is 44.7 Å². The zero-order chi connectivity index (χ0) is 14.7. The number of hydrogen-bond donors (Lipinski definition) is 1. The summed E-state index contributed by atoms with van der Waals surface area (Å²) in [4.78, 5) is 0. The highest BCUT2D eigenvalue weighted by Gasteiger charge is 2.16. The molecule has 0 bridgehead atoms. The topological polar surface area (TPSA) is 47.9 Å². The molecule has 20 heavy (non-hydrogen) atoms. The molecule has 0 unspecified atom stereocenters. The van der Waals surface area contributed by atoms with Gasteiger partial charge in [0.25, 0.3) is 0 Å². The van der Waals surface area contributed by atoms with Crippen molar-refractivity contribution < 1.29 is 19.3 Å². The molecule has 1 aromatic carbocycles. The third-order valence-electron chi connectivity index (χ3n) is 2.78. The Balaban J connectivity index is 0.000000276. The summed E-state index contributed by atoms with van der Waals surface area (Å²) < 4.78 is 15.4. The van der Waals surface area contributed by atoms with Gasteiger partial charge >= 0.3 is 0 Å². The van der Waals surface area contributed by atoms with Crippen molar-refractivity contribution in [2.75, 3.05) is 39.6 Å². The molecule has 1 saturated heterocycles. The van der Waals surface area contributed by atoms with Crippen molar-refractivity contribution in [2.24, 2.45) is 5.41 Å². The van der Waals surface area contributed by atoms with Crippen LogP contribution in [-0.2, 0) is 20.8 Å². The normalized spacial score (nSPS) is 15.3. The first-order chi connectivity index (χ1) is 9.64. The molecule has 1 aromatic rings. The quantitative estimate of drug-likeness (QED) is 0.900. The van der Waals surface area contributed by atoms with Gasteiger partial charge in [-0.1, -0.05) is 44.2 Å². The third-order valence-corrected chi connectivity index (χ3v) is 2.78. The number of ether oxygens (including phenoxy) is 3. The fourth-order valence-corrected chi connectivity index (χ4v) is 1.50. The molecule has 4 heteroatoms. The standard InChI is InChI=1S/C12H18O2.C4H8O2/c1-12(2,9-13)10-14-8-11-6-4-3-5-7-11;1-2-6-4-3-5-1/h3-7,13H,8-10H2,1-2H3;1-4H2. The minimum atomic E-state index is -0.144. The summed E-state index contributed by atoms with van der Waals surface area (Å²) in [7, 11) is 0. The molecule has 0 aromatic heterocycles. The minimum Gasteiger partial charge on any atom is -0.396 e. The first-order valence-corrected chi connectivity index (χ1v) is 7.02. The minimum absolute atomic E-state index is 0.144. The summed E-state index contributed by atoms with van der Waals surface area (Å²) in [5.74, 6) is 0. The van der Waals surface area contributed by atoms with Crippen molar-refractivity contribution >= 4 is 0 Å². The molecular formula is C16H26O4. The lowest BCUT2D eigenvalue weighted by Crippen LogP contribution is -2.23. The number of benzene rings is 1. The second kappa shape index (κ2) is 9.88. The molecule has 4 nitrogen and oxygen atoms in total. The first-order valence-electron chi connectivity index (χ1n) is 7.02. The Hall–Kier alpha value is -0.940. The Labute approximate surface area is 121 Å². The summed E-state index contributed by atoms with van der Waals surface area (Å²) in [5, 5.41) is 9.01. The number of aliphatic hydroxyl groups is 1. The van der Waals surface area contributed by atoms with E-state index in [0.717, 1.165) is 26.4 Å². The second-order valence-electron chi connectivity index (χ2n) is 5.53. The summed E-state index contributed by atoms with van der Waals surface area (Å²) in [6.45, 7) is 8.43. The molecule has 1 aliphatic rings. The van der Waals surface area contributed by atoms with Crippen LogP contribution >= 0.6 is 0 Å². The van der Waals surface area contributed by atoms with E-state index in [1.54, 1.807) is 0 Å². The van der Waals surface area contributed by atoms with Gasteiger partial charge in [0.15, 0.2) is 0 Å². The van der Waals surface area contributed by atoms with Crippen molar-refractivity contribution in [3.05, 3.63) is 35.9 Å². The molecule has 114 valence electrons. The van der Waals surface area contributed by atoms with E-state index in [1.807, 2.05) is 44.2 Å². The Bertz CT molecular complexity index is 322. The number of aliphatic hydroxyl groups excluding tert-OH is 1. The van der Waals surface area contributed by atoms with Crippen LogP contribution < -0.4 is 0 Å². The zero-order valence-electron chi connectivity index (χ0n) is 12.5. The van der Waals surface area contributed by atoms with E-state index in [1.165, 1.54) is 5.56 Å². The van der Waals surface area contributed by atoms with Crippen LogP contribution in [0, 0.1) is 5.41 Å². The summed E-state index contributed by atoms with van der Waals surface area (Å²) in [6, 6.07) is 10.0. The molecule has 0 saturated carbocycles. The van der Waals surface area contributed by atoms with E-state index in [-0.39, 0.29) is 12.0 Å². The van der Waals surface area contributed by atoms with Gasteiger partial charge in [-0.3, -0.25) is 0 Å². The van der Waals surface area contributed by atoms with E-state index >= 15 is 0 Å². The summed E-state index contributed by atoms with van der Waals surface area (Å²) >= 11 is 0. The van der Waals surface area contributed by atoms with Crippen molar-refractivity contribution in [3.8, 4) is 0 Å². The maximum absolute atomic E-state index is 9.01. The summed E-state index contributed by atoms with van der Waals surface area (Å²) in [5.41, 5.74) is 1.02. The van der Waals surface area contributed by atoms with Crippen LogP contribution in [0.25, 0.3) is 0 Å². The van der Waals surface area contributed by atoms with E-state index < -0.39 is 0 Å². The van der Waals surface area contributed by atoms with Gasteiger partial charge in [0, 0.05) is 5.41 Å². The lowest BCUT2D eigenvalue weighted by Gasteiger charge is -2.21. The van der Waals surface area contributed by atoms with Crippen molar-refractivity contribution in [2.45, 2.75) is 20.5 Å². The van der Waals surface area contributed by atoms with Crippen molar-refractivity contribution in [1.29, 1.82) is 0 Å². The van der Waals surface area contributed by atoms with Gasteiger partial charge in [-0.25, -0.2) is 0 Å². The molecule has 2 rings (SSSR count). The van der Waals surface area contributed by atoms with E-state index in [0.29, 0.717) is 13.2 Å². The van der Waals surface area contributed by atoms with Gasteiger partial charge in [0.05, 0.1) is 46.2 Å². The molecule has 0 spiro atoms. The zero-order valence-corrected chi connectivity index (χ0v) is 12.5. The van der Waals surface area contributed by atoms with Gasteiger partial charge in [-0.2, -0.15) is 0 Å². The Morgan fingerprint density at radius 1 is 1.05 bits per heavy atom. The fourth-order valence-electron chi connectivity index (χ4n) is 1.50. The van der Waals surface area contributed by atoms with Crippen LogP contribution in [0.2, 0.25) is 0 Å². The Morgan fingerprint density at radius 3 is 2.05 bits per heavy atom. The molecule has 1 N–H and O–H groups in total. The monoisotopic (exact) mass is 282 g/mol. The first kappa shape index (κ1) is 17.1. The maximum Gasteiger partial charge on any atom is 0.0717 e. The number of hydrogen-bond acceptors (Lipinski definition) is 4. The maximum atomic E-state index is 9.01. The van der Waals surface area contributed by atoms with Crippen LogP contribution in [0.4, 0.5) is 0 Å².